The number of nitrogens with zero attached hydrogens (tertiary/aromatic N) is 3. The van der Waals surface area contributed by atoms with Crippen LogP contribution in [0, 0.1) is 18.3 Å². The third-order valence-electron chi connectivity index (χ3n) is 4.41. The molecule has 1 N–H and O–H groups in total. The molecule has 0 fully saturated rings. The van der Waals surface area contributed by atoms with E-state index in [4.69, 9.17) is 21.1 Å². The van der Waals surface area contributed by atoms with Crippen molar-refractivity contribution in [3.63, 3.8) is 0 Å². The minimum atomic E-state index is -3.55. The molecule has 0 aliphatic rings. The number of rotatable bonds is 10. The van der Waals surface area contributed by atoms with Gasteiger partial charge in [0.15, 0.2) is 0 Å². The lowest BCUT2D eigenvalue weighted by Gasteiger charge is -2.10. The molecule has 0 saturated heterocycles. The Hall–Kier alpha value is -3.46. The maximum absolute atomic E-state index is 12.4. The first kappa shape index (κ1) is 26.2. The first-order valence-corrected chi connectivity index (χ1v) is 13.3. The first-order chi connectivity index (χ1) is 16.7. The summed E-state index contributed by atoms with van der Waals surface area (Å²) in [6, 6.07) is 14.5. The van der Waals surface area contributed by atoms with Crippen molar-refractivity contribution in [1.29, 1.82) is 5.26 Å². The number of hydrogen-bond acceptors (Lipinski definition) is 9. The predicted molar refractivity (Wildman–Crippen MR) is 133 cm³/mol. The predicted octanol–water partition coefficient (Wildman–Crippen LogP) is 4.30. The topological polar surface area (TPSA) is 131 Å². The normalized spacial score (nSPS) is 11.5. The van der Waals surface area contributed by atoms with Crippen molar-refractivity contribution in [3.05, 3.63) is 64.2 Å². The van der Waals surface area contributed by atoms with Gasteiger partial charge in [0, 0.05) is 12.7 Å². The highest BCUT2D eigenvalue weighted by molar-refractivity contribution is 7.92. The number of sulfone groups is 1. The van der Waals surface area contributed by atoms with Gasteiger partial charge in [-0.05, 0) is 42.8 Å². The monoisotopic (exact) mass is 532 g/mol. The summed E-state index contributed by atoms with van der Waals surface area (Å²) >= 11 is 6.98. The summed E-state index contributed by atoms with van der Waals surface area (Å²) in [6.45, 7) is 2.89. The van der Waals surface area contributed by atoms with Crippen molar-refractivity contribution in [2.24, 2.45) is 0 Å². The highest BCUT2D eigenvalue weighted by Gasteiger charge is 2.17. The Morgan fingerprint density at radius 1 is 1.17 bits per heavy atom. The number of aromatic nitrogens is 2. The SMILES string of the molecule is Cc1ccc(OCCCOc2ccc(/C=C(/C#N)C(=O)Nc3nnc(S(C)(=O)=O)s3)cc2Cl)cc1. The van der Waals surface area contributed by atoms with Crippen molar-refractivity contribution < 1.29 is 22.7 Å². The second-order valence-electron chi connectivity index (χ2n) is 7.32. The van der Waals surface area contributed by atoms with Crippen LogP contribution in [-0.2, 0) is 14.6 Å². The molecule has 9 nitrogen and oxygen atoms in total. The zero-order valence-electron chi connectivity index (χ0n) is 18.8. The average Bonchev–Trinajstić information content (AvgIpc) is 3.28. The Labute approximate surface area is 211 Å². The van der Waals surface area contributed by atoms with Crippen LogP contribution >= 0.6 is 22.9 Å². The Bertz CT molecular complexity index is 1380. The fourth-order valence-electron chi connectivity index (χ4n) is 2.68. The van der Waals surface area contributed by atoms with Crippen LogP contribution < -0.4 is 14.8 Å². The van der Waals surface area contributed by atoms with Gasteiger partial charge in [-0.3, -0.25) is 10.1 Å². The molecule has 0 aliphatic heterocycles. The van der Waals surface area contributed by atoms with Crippen LogP contribution in [0.15, 0.2) is 52.4 Å². The molecule has 35 heavy (non-hydrogen) atoms. The number of nitrogens with one attached hydrogen (secondary N) is 1. The summed E-state index contributed by atoms with van der Waals surface area (Å²) in [4.78, 5) is 12.4. The molecule has 182 valence electrons. The summed E-state index contributed by atoms with van der Waals surface area (Å²) in [7, 11) is -3.55. The molecule has 2 aromatic carbocycles. The first-order valence-electron chi connectivity index (χ1n) is 10.2. The van der Waals surface area contributed by atoms with E-state index >= 15 is 0 Å². The van der Waals surface area contributed by atoms with Gasteiger partial charge in [0.25, 0.3) is 5.91 Å². The number of carbonyl (C=O) groups is 1. The molecule has 0 radical (unpaired) electrons. The number of carbonyl (C=O) groups excluding carboxylic acids is 1. The van der Waals surface area contributed by atoms with Crippen molar-refractivity contribution in [3.8, 4) is 17.6 Å². The van der Waals surface area contributed by atoms with Crippen molar-refractivity contribution in [2.75, 3.05) is 24.8 Å². The summed E-state index contributed by atoms with van der Waals surface area (Å²) in [6.07, 6.45) is 2.98. The summed E-state index contributed by atoms with van der Waals surface area (Å²) < 4.78 is 34.1. The molecule has 0 unspecified atom stereocenters. The molecule has 0 spiro atoms. The third-order valence-corrected chi connectivity index (χ3v) is 7.22. The van der Waals surface area contributed by atoms with Crippen LogP contribution in [0.3, 0.4) is 0 Å². The molecular weight excluding hydrogens is 512 g/mol. The van der Waals surface area contributed by atoms with E-state index in [9.17, 15) is 18.5 Å². The van der Waals surface area contributed by atoms with E-state index in [1.807, 2.05) is 31.2 Å². The maximum Gasteiger partial charge on any atom is 0.268 e. The molecule has 12 heteroatoms. The van der Waals surface area contributed by atoms with Gasteiger partial charge in [-0.25, -0.2) is 8.42 Å². The molecule has 3 rings (SSSR count). The lowest BCUT2D eigenvalue weighted by Crippen LogP contribution is -2.13. The van der Waals surface area contributed by atoms with Gasteiger partial charge in [0.2, 0.25) is 19.3 Å². The van der Waals surface area contributed by atoms with Gasteiger partial charge >= 0.3 is 0 Å². The number of amides is 1. The molecule has 1 aromatic heterocycles. The summed E-state index contributed by atoms with van der Waals surface area (Å²) in [5.41, 5.74) is 1.45. The number of aryl methyl sites for hydroxylation is 1. The number of halogens is 1. The van der Waals surface area contributed by atoms with E-state index in [2.05, 4.69) is 15.5 Å². The average molecular weight is 533 g/mol. The largest absolute Gasteiger partial charge is 0.493 e. The summed E-state index contributed by atoms with van der Waals surface area (Å²) in [5, 5.41) is 19.1. The van der Waals surface area contributed by atoms with Gasteiger partial charge in [0.1, 0.15) is 23.1 Å². The van der Waals surface area contributed by atoms with Crippen LogP contribution in [0.1, 0.15) is 17.5 Å². The maximum atomic E-state index is 12.4. The molecule has 1 heterocycles. The molecule has 0 aliphatic carbocycles. The smallest absolute Gasteiger partial charge is 0.268 e. The van der Waals surface area contributed by atoms with Crippen molar-refractivity contribution >= 4 is 49.9 Å². The fraction of sp³-hybridized carbons (Fsp3) is 0.217. The third kappa shape index (κ3) is 7.78. The quantitative estimate of drug-likeness (QED) is 0.177. The lowest BCUT2D eigenvalue weighted by atomic mass is 10.1. The van der Waals surface area contributed by atoms with Gasteiger partial charge < -0.3 is 9.47 Å². The number of anilines is 1. The van der Waals surface area contributed by atoms with Crippen LogP contribution in [-0.4, -0.2) is 44.0 Å². The van der Waals surface area contributed by atoms with Gasteiger partial charge in [-0.15, -0.1) is 10.2 Å². The molecule has 1 amide bonds. The van der Waals surface area contributed by atoms with Crippen LogP contribution in [0.25, 0.3) is 6.08 Å². The number of nitriles is 1. The van der Waals surface area contributed by atoms with Crippen molar-refractivity contribution in [1.82, 2.24) is 10.2 Å². The molecule has 0 atom stereocenters. The Balaban J connectivity index is 1.55. The van der Waals surface area contributed by atoms with E-state index in [-0.39, 0.29) is 15.0 Å². The van der Waals surface area contributed by atoms with Crippen LogP contribution in [0.5, 0.6) is 11.5 Å². The van der Waals surface area contributed by atoms with E-state index in [1.54, 1.807) is 24.3 Å². The minimum Gasteiger partial charge on any atom is -0.493 e. The standard InChI is InChI=1S/C23H21ClN4O5S2/c1-15-4-7-18(8-5-15)32-10-3-11-33-20-9-6-16(13-19(20)24)12-17(14-25)21(29)26-22-27-28-23(34-22)35(2,30)31/h4-9,12-13H,3,10-11H2,1-2H3,(H,26,27,29)/b17-12-. The van der Waals surface area contributed by atoms with Crippen LogP contribution in [0.2, 0.25) is 5.02 Å². The van der Waals surface area contributed by atoms with E-state index in [0.717, 1.165) is 17.6 Å². The minimum absolute atomic E-state index is 0.0373. The van der Waals surface area contributed by atoms with Gasteiger partial charge in [-0.2, -0.15) is 5.26 Å². The highest BCUT2D eigenvalue weighted by Crippen LogP contribution is 2.27. The molecule has 0 bridgehead atoms. The highest BCUT2D eigenvalue weighted by atomic mass is 35.5. The van der Waals surface area contributed by atoms with Crippen LogP contribution in [0.4, 0.5) is 5.13 Å². The Kier molecular flexibility index (Phi) is 8.81. The number of ether oxygens (including phenoxy) is 2. The van der Waals surface area contributed by atoms with E-state index in [0.29, 0.717) is 47.3 Å². The zero-order chi connectivity index (χ0) is 25.4. The zero-order valence-corrected chi connectivity index (χ0v) is 21.2. The van der Waals surface area contributed by atoms with Gasteiger partial charge in [0.05, 0.1) is 18.2 Å². The Morgan fingerprint density at radius 3 is 2.51 bits per heavy atom. The fourth-order valence-corrected chi connectivity index (χ4v) is 4.43. The van der Waals surface area contributed by atoms with E-state index < -0.39 is 15.7 Å². The lowest BCUT2D eigenvalue weighted by molar-refractivity contribution is -0.112. The Morgan fingerprint density at radius 2 is 1.89 bits per heavy atom. The number of benzene rings is 2. The second-order valence-corrected chi connectivity index (χ2v) is 10.9. The number of hydrogen-bond donors (Lipinski definition) is 1. The van der Waals surface area contributed by atoms with Crippen molar-refractivity contribution in [2.45, 2.75) is 17.7 Å². The summed E-state index contributed by atoms with van der Waals surface area (Å²) in [5.74, 6) is 0.502. The van der Waals surface area contributed by atoms with Gasteiger partial charge in [-0.1, -0.05) is 46.7 Å². The van der Waals surface area contributed by atoms with E-state index in [1.165, 1.54) is 6.08 Å². The molecule has 3 aromatic rings. The molecular formula is C23H21ClN4O5S2. The molecule has 0 saturated carbocycles. The second kappa shape index (κ2) is 11.8.